The minimum Gasteiger partial charge on any atom is -0.310 e. The fraction of sp³-hybridized carbons (Fsp3) is 0.562. The van der Waals surface area contributed by atoms with Gasteiger partial charge in [-0.15, -0.1) is 12.3 Å². The first-order chi connectivity index (χ1) is 8.83. The van der Waals surface area contributed by atoms with Crippen molar-refractivity contribution in [1.29, 1.82) is 0 Å². The summed E-state index contributed by atoms with van der Waals surface area (Å²) in [5, 5.41) is 3.62. The summed E-state index contributed by atoms with van der Waals surface area (Å²) < 4.78 is 0. The highest BCUT2D eigenvalue weighted by atomic mass is 14.9. The third-order valence-corrected chi connectivity index (χ3v) is 3.15. The van der Waals surface area contributed by atoms with Crippen molar-refractivity contribution in [2.75, 3.05) is 6.54 Å². The van der Waals surface area contributed by atoms with E-state index in [9.17, 15) is 0 Å². The smallest absolute Gasteiger partial charge is 0.0324 e. The van der Waals surface area contributed by atoms with Gasteiger partial charge in [0.1, 0.15) is 0 Å². The Morgan fingerprint density at radius 2 is 2.28 bits per heavy atom. The number of nitrogens with one attached hydrogen (secondary N) is 1. The quantitative estimate of drug-likeness (QED) is 0.559. The van der Waals surface area contributed by atoms with Crippen LogP contribution in [0.25, 0.3) is 0 Å². The monoisotopic (exact) mass is 244 g/mol. The van der Waals surface area contributed by atoms with Crippen LogP contribution in [0.4, 0.5) is 0 Å². The van der Waals surface area contributed by atoms with Crippen molar-refractivity contribution in [3.8, 4) is 12.3 Å². The van der Waals surface area contributed by atoms with E-state index in [1.807, 2.05) is 12.4 Å². The van der Waals surface area contributed by atoms with Crippen LogP contribution in [0.5, 0.6) is 0 Å². The van der Waals surface area contributed by atoms with Gasteiger partial charge >= 0.3 is 0 Å². The third-order valence-electron chi connectivity index (χ3n) is 3.15. The SMILES string of the molecule is C#CCCCC(NCCC)c1ccncc1CC. The minimum atomic E-state index is 0.413. The Labute approximate surface area is 111 Å². The van der Waals surface area contributed by atoms with E-state index in [4.69, 9.17) is 6.42 Å². The number of pyridine rings is 1. The molecule has 1 aromatic rings. The van der Waals surface area contributed by atoms with Crippen LogP contribution >= 0.6 is 0 Å². The molecule has 1 rings (SSSR count). The topological polar surface area (TPSA) is 24.9 Å². The number of terminal acetylenes is 1. The van der Waals surface area contributed by atoms with E-state index in [0.29, 0.717) is 6.04 Å². The van der Waals surface area contributed by atoms with Crippen LogP contribution in [0.2, 0.25) is 0 Å². The zero-order chi connectivity index (χ0) is 13.2. The van der Waals surface area contributed by atoms with Crippen LogP contribution in [0.15, 0.2) is 18.5 Å². The van der Waals surface area contributed by atoms with Gasteiger partial charge in [0.15, 0.2) is 0 Å². The molecule has 0 aliphatic rings. The molecule has 0 spiro atoms. The standard InChI is InChI=1S/C16H24N2/c1-4-7-8-9-16(18-11-5-2)15-10-12-17-13-14(15)6-3/h1,10,12-13,16,18H,5-9,11H2,2-3H3. The Kier molecular flexibility index (Phi) is 7.13. The average Bonchev–Trinajstić information content (AvgIpc) is 2.42. The lowest BCUT2D eigenvalue weighted by atomic mass is 9.96. The molecule has 0 aliphatic carbocycles. The number of hydrogen-bond donors (Lipinski definition) is 1. The minimum absolute atomic E-state index is 0.413. The maximum Gasteiger partial charge on any atom is 0.0324 e. The molecule has 0 saturated carbocycles. The zero-order valence-electron chi connectivity index (χ0n) is 11.6. The summed E-state index contributed by atoms with van der Waals surface area (Å²) >= 11 is 0. The van der Waals surface area contributed by atoms with Gasteiger partial charge < -0.3 is 5.32 Å². The second-order valence-electron chi connectivity index (χ2n) is 4.53. The maximum atomic E-state index is 5.33. The van der Waals surface area contributed by atoms with Gasteiger partial charge in [-0.2, -0.15) is 0 Å². The van der Waals surface area contributed by atoms with Gasteiger partial charge in [0.25, 0.3) is 0 Å². The van der Waals surface area contributed by atoms with E-state index < -0.39 is 0 Å². The molecule has 18 heavy (non-hydrogen) atoms. The van der Waals surface area contributed by atoms with Crippen LogP contribution in [-0.2, 0) is 6.42 Å². The highest BCUT2D eigenvalue weighted by Crippen LogP contribution is 2.22. The van der Waals surface area contributed by atoms with Crippen molar-refractivity contribution in [2.24, 2.45) is 0 Å². The second kappa shape index (κ2) is 8.72. The van der Waals surface area contributed by atoms with Crippen molar-refractivity contribution in [2.45, 2.75) is 52.0 Å². The van der Waals surface area contributed by atoms with Gasteiger partial charge in [-0.1, -0.05) is 13.8 Å². The average molecular weight is 244 g/mol. The predicted octanol–water partition coefficient (Wildman–Crippen LogP) is 3.49. The molecule has 0 aliphatic heterocycles. The Bertz CT molecular complexity index is 379. The van der Waals surface area contributed by atoms with Crippen LogP contribution in [0, 0.1) is 12.3 Å². The number of hydrogen-bond acceptors (Lipinski definition) is 2. The van der Waals surface area contributed by atoms with Crippen LogP contribution in [-0.4, -0.2) is 11.5 Å². The molecule has 0 aromatic carbocycles. The van der Waals surface area contributed by atoms with Gasteiger partial charge in [0.05, 0.1) is 0 Å². The summed E-state index contributed by atoms with van der Waals surface area (Å²) in [5.74, 6) is 2.72. The Balaban J connectivity index is 2.76. The summed E-state index contributed by atoms with van der Waals surface area (Å²) in [4.78, 5) is 4.22. The summed E-state index contributed by atoms with van der Waals surface area (Å²) in [7, 11) is 0. The van der Waals surface area contributed by atoms with E-state index in [1.54, 1.807) is 0 Å². The molecular formula is C16H24N2. The molecule has 2 nitrogen and oxygen atoms in total. The van der Waals surface area contributed by atoms with E-state index in [1.165, 1.54) is 11.1 Å². The van der Waals surface area contributed by atoms with Crippen LogP contribution in [0.3, 0.4) is 0 Å². The van der Waals surface area contributed by atoms with Gasteiger partial charge in [-0.25, -0.2) is 0 Å². The molecule has 1 unspecified atom stereocenters. The lowest BCUT2D eigenvalue weighted by Gasteiger charge is -2.21. The van der Waals surface area contributed by atoms with Gasteiger partial charge in [-0.3, -0.25) is 4.98 Å². The molecule has 2 heteroatoms. The Morgan fingerprint density at radius 1 is 1.44 bits per heavy atom. The number of aryl methyl sites for hydroxylation is 1. The molecule has 0 fully saturated rings. The molecule has 98 valence electrons. The number of rotatable bonds is 8. The Hall–Kier alpha value is -1.33. The van der Waals surface area contributed by atoms with Crippen LogP contribution < -0.4 is 5.32 Å². The molecule has 1 heterocycles. The first-order valence-corrected chi connectivity index (χ1v) is 6.93. The molecule has 0 amide bonds. The largest absolute Gasteiger partial charge is 0.310 e. The normalized spacial score (nSPS) is 12.1. The van der Waals surface area contributed by atoms with Crippen molar-refractivity contribution in [3.05, 3.63) is 29.6 Å². The molecule has 0 bridgehead atoms. The summed E-state index contributed by atoms with van der Waals surface area (Å²) in [6.45, 7) is 5.42. The zero-order valence-corrected chi connectivity index (χ0v) is 11.6. The molecule has 0 saturated heterocycles. The van der Waals surface area contributed by atoms with Gasteiger partial charge in [0, 0.05) is 24.9 Å². The first-order valence-electron chi connectivity index (χ1n) is 6.93. The first kappa shape index (κ1) is 14.7. The molecular weight excluding hydrogens is 220 g/mol. The lowest BCUT2D eigenvalue weighted by molar-refractivity contribution is 0.484. The number of unbranched alkanes of at least 4 members (excludes halogenated alkanes) is 1. The number of nitrogens with zero attached hydrogens (tertiary/aromatic N) is 1. The third kappa shape index (κ3) is 4.50. The lowest BCUT2D eigenvalue weighted by Crippen LogP contribution is -2.23. The predicted molar refractivity (Wildman–Crippen MR) is 77.3 cm³/mol. The highest BCUT2D eigenvalue weighted by molar-refractivity contribution is 5.26. The van der Waals surface area contributed by atoms with Gasteiger partial charge in [0.2, 0.25) is 0 Å². The van der Waals surface area contributed by atoms with Crippen LogP contribution in [0.1, 0.15) is 56.7 Å². The van der Waals surface area contributed by atoms with Crippen molar-refractivity contribution in [1.82, 2.24) is 10.3 Å². The molecule has 1 aromatic heterocycles. The summed E-state index contributed by atoms with van der Waals surface area (Å²) in [6, 6.07) is 2.55. The summed E-state index contributed by atoms with van der Waals surface area (Å²) in [5.41, 5.74) is 2.73. The molecule has 1 atom stereocenters. The van der Waals surface area contributed by atoms with E-state index in [2.05, 4.69) is 36.1 Å². The van der Waals surface area contributed by atoms with Crippen molar-refractivity contribution in [3.63, 3.8) is 0 Å². The fourth-order valence-corrected chi connectivity index (χ4v) is 2.17. The van der Waals surface area contributed by atoms with Crippen molar-refractivity contribution >= 4 is 0 Å². The van der Waals surface area contributed by atoms with E-state index in [0.717, 1.165) is 38.6 Å². The fourth-order valence-electron chi connectivity index (χ4n) is 2.17. The second-order valence-corrected chi connectivity index (χ2v) is 4.53. The number of aromatic nitrogens is 1. The molecule has 0 radical (unpaired) electrons. The summed E-state index contributed by atoms with van der Waals surface area (Å²) in [6.07, 6.45) is 14.4. The van der Waals surface area contributed by atoms with E-state index in [-0.39, 0.29) is 0 Å². The molecule has 1 N–H and O–H groups in total. The Morgan fingerprint density at radius 3 is 2.94 bits per heavy atom. The van der Waals surface area contributed by atoms with Crippen molar-refractivity contribution < 1.29 is 0 Å². The van der Waals surface area contributed by atoms with E-state index >= 15 is 0 Å². The highest BCUT2D eigenvalue weighted by Gasteiger charge is 2.13. The maximum absolute atomic E-state index is 5.33. The van der Waals surface area contributed by atoms with Gasteiger partial charge in [-0.05, 0) is 49.4 Å².